The van der Waals surface area contributed by atoms with E-state index in [4.69, 9.17) is 4.42 Å². The Kier molecular flexibility index (Phi) is 6.49. The largest absolute Gasteiger partial charge is 0.456 e. The standard InChI is InChI=1S/C21H23F2N3O4/c1-13-6-7-18(30-13)21(29)26-10-8-25(9-11-26)19(28)12-17(24-14(2)27)20-15(22)4-3-5-16(20)23/h3-7,17H,8-12H2,1-2H3,(H,24,27). The fraction of sp³-hybridized carbons (Fsp3) is 0.381. The van der Waals surface area contributed by atoms with E-state index < -0.39 is 23.6 Å². The van der Waals surface area contributed by atoms with Crippen LogP contribution in [-0.2, 0) is 9.59 Å². The van der Waals surface area contributed by atoms with E-state index in [2.05, 4.69) is 5.32 Å². The van der Waals surface area contributed by atoms with Gasteiger partial charge in [0, 0.05) is 38.7 Å². The summed E-state index contributed by atoms with van der Waals surface area (Å²) in [6, 6.07) is 5.57. The van der Waals surface area contributed by atoms with Crippen LogP contribution in [0.25, 0.3) is 0 Å². The molecule has 2 aromatic rings. The molecule has 1 aromatic heterocycles. The van der Waals surface area contributed by atoms with Crippen molar-refractivity contribution in [1.29, 1.82) is 0 Å². The van der Waals surface area contributed by atoms with Crippen molar-refractivity contribution < 1.29 is 27.6 Å². The number of nitrogens with one attached hydrogen (secondary N) is 1. The fourth-order valence-corrected chi connectivity index (χ4v) is 3.48. The number of hydrogen-bond acceptors (Lipinski definition) is 4. The predicted octanol–water partition coefficient (Wildman–Crippen LogP) is 2.42. The van der Waals surface area contributed by atoms with E-state index in [1.807, 2.05) is 0 Å². The molecule has 0 radical (unpaired) electrons. The van der Waals surface area contributed by atoms with Gasteiger partial charge in [-0.1, -0.05) is 6.07 Å². The van der Waals surface area contributed by atoms with Crippen molar-refractivity contribution in [2.75, 3.05) is 26.2 Å². The number of benzene rings is 1. The molecule has 9 heteroatoms. The molecule has 0 bridgehead atoms. The van der Waals surface area contributed by atoms with Gasteiger partial charge < -0.3 is 19.5 Å². The van der Waals surface area contributed by atoms with Crippen LogP contribution in [0.1, 0.15) is 41.3 Å². The number of nitrogens with zero attached hydrogens (tertiary/aromatic N) is 2. The molecule has 0 spiro atoms. The second-order valence-corrected chi connectivity index (χ2v) is 7.18. The number of halogens is 2. The summed E-state index contributed by atoms with van der Waals surface area (Å²) in [6.07, 6.45) is -0.289. The van der Waals surface area contributed by atoms with Crippen LogP contribution in [0.15, 0.2) is 34.7 Å². The highest BCUT2D eigenvalue weighted by molar-refractivity contribution is 5.91. The molecule has 1 N–H and O–H groups in total. The zero-order valence-electron chi connectivity index (χ0n) is 16.8. The van der Waals surface area contributed by atoms with Gasteiger partial charge >= 0.3 is 0 Å². The zero-order chi connectivity index (χ0) is 21.8. The Bertz CT molecular complexity index is 931. The number of carbonyl (C=O) groups excluding carboxylic acids is 3. The molecule has 30 heavy (non-hydrogen) atoms. The highest BCUT2D eigenvalue weighted by atomic mass is 19.1. The Labute approximate surface area is 172 Å². The molecular formula is C21H23F2N3O4. The normalized spacial score (nSPS) is 15.1. The number of rotatable bonds is 5. The summed E-state index contributed by atoms with van der Waals surface area (Å²) < 4.78 is 33.7. The molecule has 3 amide bonds. The van der Waals surface area contributed by atoms with Crippen LogP contribution >= 0.6 is 0 Å². The monoisotopic (exact) mass is 419 g/mol. The number of hydrogen-bond donors (Lipinski definition) is 1. The summed E-state index contributed by atoms with van der Waals surface area (Å²) in [6.45, 7) is 4.13. The molecule has 1 fully saturated rings. The summed E-state index contributed by atoms with van der Waals surface area (Å²) >= 11 is 0. The van der Waals surface area contributed by atoms with Crippen molar-refractivity contribution in [3.8, 4) is 0 Å². The van der Waals surface area contributed by atoms with Crippen molar-refractivity contribution in [2.45, 2.75) is 26.3 Å². The SMILES string of the molecule is CC(=O)NC(CC(=O)N1CCN(C(=O)c2ccc(C)o2)CC1)c1c(F)cccc1F. The maximum absolute atomic E-state index is 14.2. The lowest BCUT2D eigenvalue weighted by Crippen LogP contribution is -2.51. The Morgan fingerprint density at radius 2 is 1.63 bits per heavy atom. The number of amides is 3. The van der Waals surface area contributed by atoms with Crippen molar-refractivity contribution in [2.24, 2.45) is 0 Å². The molecule has 0 aliphatic carbocycles. The maximum atomic E-state index is 14.2. The zero-order valence-corrected chi connectivity index (χ0v) is 16.8. The van der Waals surface area contributed by atoms with E-state index in [9.17, 15) is 23.2 Å². The van der Waals surface area contributed by atoms with E-state index in [-0.39, 0.29) is 42.6 Å². The first kappa shape index (κ1) is 21.5. The Morgan fingerprint density at radius 1 is 1.03 bits per heavy atom. The molecule has 7 nitrogen and oxygen atoms in total. The van der Waals surface area contributed by atoms with E-state index in [0.717, 1.165) is 12.1 Å². The number of aryl methyl sites for hydroxylation is 1. The van der Waals surface area contributed by atoms with Gasteiger partial charge in [0.05, 0.1) is 12.5 Å². The molecule has 160 valence electrons. The first-order valence-electron chi connectivity index (χ1n) is 9.60. The minimum absolute atomic E-state index is 0.244. The average molecular weight is 419 g/mol. The molecule has 1 aromatic carbocycles. The first-order valence-corrected chi connectivity index (χ1v) is 9.60. The van der Waals surface area contributed by atoms with Crippen molar-refractivity contribution in [1.82, 2.24) is 15.1 Å². The van der Waals surface area contributed by atoms with Gasteiger partial charge in [0.2, 0.25) is 11.8 Å². The first-order chi connectivity index (χ1) is 14.3. The Balaban J connectivity index is 1.64. The Hall–Kier alpha value is -3.23. The van der Waals surface area contributed by atoms with Crippen LogP contribution in [0.3, 0.4) is 0 Å². The molecule has 1 atom stereocenters. The molecular weight excluding hydrogens is 396 g/mol. The van der Waals surface area contributed by atoms with E-state index >= 15 is 0 Å². The molecule has 1 saturated heterocycles. The lowest BCUT2D eigenvalue weighted by atomic mass is 10.0. The van der Waals surface area contributed by atoms with Gasteiger partial charge in [-0.3, -0.25) is 14.4 Å². The summed E-state index contributed by atoms with van der Waals surface area (Å²) in [5.74, 6) is -1.89. The summed E-state index contributed by atoms with van der Waals surface area (Å²) in [7, 11) is 0. The lowest BCUT2D eigenvalue weighted by Gasteiger charge is -2.35. The number of carbonyl (C=O) groups is 3. The molecule has 1 aliphatic rings. The summed E-state index contributed by atoms with van der Waals surface area (Å²) in [5, 5.41) is 2.46. The molecule has 0 saturated carbocycles. The highest BCUT2D eigenvalue weighted by Crippen LogP contribution is 2.25. The van der Waals surface area contributed by atoms with Crippen LogP contribution in [0, 0.1) is 18.6 Å². The van der Waals surface area contributed by atoms with E-state index in [0.29, 0.717) is 18.8 Å². The van der Waals surface area contributed by atoms with Gasteiger partial charge in [0.15, 0.2) is 5.76 Å². The van der Waals surface area contributed by atoms with Crippen molar-refractivity contribution in [3.63, 3.8) is 0 Å². The molecule has 1 unspecified atom stereocenters. The third-order valence-corrected chi connectivity index (χ3v) is 4.98. The molecule has 2 heterocycles. The van der Waals surface area contributed by atoms with E-state index in [1.165, 1.54) is 17.9 Å². The van der Waals surface area contributed by atoms with Gasteiger partial charge in [0.25, 0.3) is 5.91 Å². The Morgan fingerprint density at radius 3 is 2.17 bits per heavy atom. The van der Waals surface area contributed by atoms with Crippen molar-refractivity contribution >= 4 is 17.7 Å². The lowest BCUT2D eigenvalue weighted by molar-refractivity contribution is -0.133. The third kappa shape index (κ3) is 4.84. The quantitative estimate of drug-likeness (QED) is 0.807. The van der Waals surface area contributed by atoms with Gasteiger partial charge in [-0.15, -0.1) is 0 Å². The van der Waals surface area contributed by atoms with Crippen molar-refractivity contribution in [3.05, 3.63) is 59.1 Å². The van der Waals surface area contributed by atoms with Gasteiger partial charge in [0.1, 0.15) is 17.4 Å². The van der Waals surface area contributed by atoms with E-state index in [1.54, 1.807) is 24.0 Å². The second-order valence-electron chi connectivity index (χ2n) is 7.18. The minimum atomic E-state index is -1.12. The van der Waals surface area contributed by atoms with Crippen LogP contribution in [0.4, 0.5) is 8.78 Å². The fourth-order valence-electron chi connectivity index (χ4n) is 3.48. The smallest absolute Gasteiger partial charge is 0.289 e. The molecule has 3 rings (SSSR count). The predicted molar refractivity (Wildman–Crippen MR) is 103 cm³/mol. The van der Waals surface area contributed by atoms with Gasteiger partial charge in [-0.05, 0) is 31.2 Å². The van der Waals surface area contributed by atoms with Crippen LogP contribution in [0.2, 0.25) is 0 Å². The second kappa shape index (κ2) is 9.06. The van der Waals surface area contributed by atoms with Gasteiger partial charge in [-0.2, -0.15) is 0 Å². The highest BCUT2D eigenvalue weighted by Gasteiger charge is 2.30. The topological polar surface area (TPSA) is 82.9 Å². The number of furan rings is 1. The van der Waals surface area contributed by atoms with Crippen LogP contribution in [0.5, 0.6) is 0 Å². The molecule has 1 aliphatic heterocycles. The summed E-state index contributed by atoms with van der Waals surface area (Å²) in [4.78, 5) is 39.8. The van der Waals surface area contributed by atoms with Gasteiger partial charge in [-0.25, -0.2) is 8.78 Å². The summed E-state index contributed by atoms with van der Waals surface area (Å²) in [5.41, 5.74) is -0.344. The third-order valence-electron chi connectivity index (χ3n) is 4.98. The minimum Gasteiger partial charge on any atom is -0.456 e. The van der Waals surface area contributed by atoms with Crippen LogP contribution in [-0.4, -0.2) is 53.7 Å². The average Bonchev–Trinajstić information content (AvgIpc) is 3.13. The number of piperazine rings is 1. The maximum Gasteiger partial charge on any atom is 0.289 e. The van der Waals surface area contributed by atoms with Crippen LogP contribution < -0.4 is 5.32 Å².